The van der Waals surface area contributed by atoms with Crippen LogP contribution in [0.2, 0.25) is 0 Å². The summed E-state index contributed by atoms with van der Waals surface area (Å²) in [5.74, 6) is 1.16. The van der Waals surface area contributed by atoms with Crippen molar-refractivity contribution in [2.75, 3.05) is 18.4 Å². The van der Waals surface area contributed by atoms with Crippen LogP contribution >= 0.6 is 11.3 Å². The van der Waals surface area contributed by atoms with Crippen molar-refractivity contribution in [1.82, 2.24) is 20.5 Å². The third-order valence-corrected chi connectivity index (χ3v) is 5.68. The van der Waals surface area contributed by atoms with Gasteiger partial charge in [-0.25, -0.2) is 4.98 Å². The second-order valence-electron chi connectivity index (χ2n) is 6.91. The van der Waals surface area contributed by atoms with E-state index in [-0.39, 0.29) is 12.3 Å². The maximum absolute atomic E-state index is 12.1. The Morgan fingerprint density at radius 1 is 1.00 bits per heavy atom. The van der Waals surface area contributed by atoms with Crippen LogP contribution in [0, 0.1) is 0 Å². The molecule has 0 aliphatic carbocycles. The number of hydrogen-bond acceptors (Lipinski definition) is 8. The molecule has 31 heavy (non-hydrogen) atoms. The number of aryl methyl sites for hydroxylation is 1. The minimum Gasteiger partial charge on any atom is -0.451 e. The number of thiazole rings is 1. The molecule has 0 saturated heterocycles. The summed E-state index contributed by atoms with van der Waals surface area (Å²) in [6, 6.07) is 17.5. The highest BCUT2D eigenvalue weighted by Gasteiger charge is 2.14. The first-order valence-corrected chi connectivity index (χ1v) is 10.7. The zero-order valence-corrected chi connectivity index (χ0v) is 17.3. The fourth-order valence-corrected chi connectivity index (χ4v) is 4.06. The minimum atomic E-state index is -0.0745. The molecule has 2 N–H and O–H groups in total. The van der Waals surface area contributed by atoms with E-state index in [4.69, 9.17) is 8.83 Å². The minimum absolute atomic E-state index is 0.0745. The lowest BCUT2D eigenvalue weighted by Crippen LogP contribution is -2.28. The predicted molar refractivity (Wildman–Crippen MR) is 119 cm³/mol. The van der Waals surface area contributed by atoms with Crippen LogP contribution in [0.4, 0.5) is 5.13 Å². The third-order valence-electron chi connectivity index (χ3n) is 4.69. The van der Waals surface area contributed by atoms with Gasteiger partial charge in [-0.3, -0.25) is 4.79 Å². The molecular weight excluding hydrogens is 414 g/mol. The summed E-state index contributed by atoms with van der Waals surface area (Å²) in [6.07, 6.45) is 0.632. The van der Waals surface area contributed by atoms with Gasteiger partial charge in [-0.1, -0.05) is 41.7 Å². The molecule has 156 valence electrons. The van der Waals surface area contributed by atoms with Gasteiger partial charge in [-0.15, -0.1) is 10.2 Å². The monoisotopic (exact) mass is 433 g/mol. The number of aromatic nitrogens is 3. The molecule has 1 amide bonds. The number of carbonyl (C=O) groups excluding carboxylic acids is 1. The highest BCUT2D eigenvalue weighted by molar-refractivity contribution is 7.22. The molecule has 0 fully saturated rings. The molecule has 0 aliphatic heterocycles. The largest absolute Gasteiger partial charge is 0.451 e. The van der Waals surface area contributed by atoms with Crippen LogP contribution in [0.5, 0.6) is 0 Å². The molecule has 2 aromatic carbocycles. The summed E-state index contributed by atoms with van der Waals surface area (Å²) in [5.41, 5.74) is 1.73. The zero-order chi connectivity index (χ0) is 21.0. The molecular formula is C22H19N5O3S. The molecule has 3 heterocycles. The number of benzene rings is 2. The van der Waals surface area contributed by atoms with Crippen molar-refractivity contribution in [3.05, 3.63) is 60.5 Å². The van der Waals surface area contributed by atoms with Gasteiger partial charge in [-0.2, -0.15) is 0 Å². The van der Waals surface area contributed by atoms with Crippen molar-refractivity contribution >= 4 is 43.6 Å². The van der Waals surface area contributed by atoms with Gasteiger partial charge in [0.05, 0.1) is 10.2 Å². The number of anilines is 1. The normalized spacial score (nSPS) is 11.2. The molecule has 0 aliphatic rings. The number of nitrogens with zero attached hydrogens (tertiary/aromatic N) is 3. The topological polar surface area (TPSA) is 106 Å². The van der Waals surface area contributed by atoms with Crippen molar-refractivity contribution < 1.29 is 13.6 Å². The molecule has 9 heteroatoms. The summed E-state index contributed by atoms with van der Waals surface area (Å²) in [4.78, 5) is 16.6. The van der Waals surface area contributed by atoms with Gasteiger partial charge in [0.1, 0.15) is 5.58 Å². The molecule has 0 radical (unpaired) electrons. The zero-order valence-electron chi connectivity index (χ0n) is 16.5. The van der Waals surface area contributed by atoms with Gasteiger partial charge >= 0.3 is 0 Å². The Balaban J connectivity index is 1.07. The fraction of sp³-hybridized carbons (Fsp3) is 0.182. The van der Waals surface area contributed by atoms with Gasteiger partial charge in [-0.05, 0) is 24.3 Å². The molecule has 0 bridgehead atoms. The molecule has 3 aromatic heterocycles. The van der Waals surface area contributed by atoms with Gasteiger partial charge in [0.15, 0.2) is 10.9 Å². The quantitative estimate of drug-likeness (QED) is 0.352. The summed E-state index contributed by atoms with van der Waals surface area (Å²) < 4.78 is 12.5. The first-order valence-electron chi connectivity index (χ1n) is 9.92. The number of furan rings is 1. The Morgan fingerprint density at radius 2 is 1.87 bits per heavy atom. The second kappa shape index (κ2) is 8.57. The predicted octanol–water partition coefficient (Wildman–Crippen LogP) is 4.25. The van der Waals surface area contributed by atoms with Crippen molar-refractivity contribution in [2.24, 2.45) is 0 Å². The first-order chi connectivity index (χ1) is 15.2. The maximum atomic E-state index is 12.1. The smallest absolute Gasteiger partial charge is 0.283 e. The van der Waals surface area contributed by atoms with Crippen molar-refractivity contribution in [2.45, 2.75) is 12.8 Å². The average molecular weight is 433 g/mol. The molecule has 0 spiro atoms. The number of fused-ring (bicyclic) bond motifs is 2. The van der Waals surface area contributed by atoms with E-state index in [0.29, 0.717) is 37.1 Å². The Morgan fingerprint density at radius 3 is 2.77 bits per heavy atom. The van der Waals surface area contributed by atoms with Crippen LogP contribution in [0.1, 0.15) is 12.3 Å². The van der Waals surface area contributed by atoms with E-state index in [2.05, 4.69) is 25.8 Å². The summed E-state index contributed by atoms with van der Waals surface area (Å²) >= 11 is 1.60. The third kappa shape index (κ3) is 4.41. The van der Waals surface area contributed by atoms with E-state index >= 15 is 0 Å². The summed E-state index contributed by atoms with van der Waals surface area (Å²) in [7, 11) is 0. The molecule has 0 unspecified atom stereocenters. The number of amides is 1. The molecule has 0 saturated carbocycles. The van der Waals surface area contributed by atoms with E-state index in [0.717, 1.165) is 26.3 Å². The summed E-state index contributed by atoms with van der Waals surface area (Å²) in [6.45, 7) is 1.10. The van der Waals surface area contributed by atoms with Crippen LogP contribution < -0.4 is 10.6 Å². The van der Waals surface area contributed by atoms with E-state index in [1.807, 2.05) is 54.6 Å². The molecule has 5 rings (SSSR count). The Hall–Kier alpha value is -3.72. The van der Waals surface area contributed by atoms with E-state index in [1.165, 1.54) is 0 Å². The number of nitrogens with one attached hydrogen (secondary N) is 2. The van der Waals surface area contributed by atoms with Gasteiger partial charge < -0.3 is 19.5 Å². The Kier molecular flexibility index (Phi) is 5.32. The number of para-hydroxylation sites is 2. The van der Waals surface area contributed by atoms with Crippen LogP contribution in [0.3, 0.4) is 0 Å². The van der Waals surface area contributed by atoms with Crippen molar-refractivity contribution in [3.63, 3.8) is 0 Å². The lowest BCUT2D eigenvalue weighted by molar-refractivity contribution is -0.121. The Bertz CT molecular complexity index is 1270. The fourth-order valence-electron chi connectivity index (χ4n) is 3.17. The lowest BCUT2D eigenvalue weighted by atomic mass is 10.2. The molecule has 0 atom stereocenters. The Labute approximate surface area is 181 Å². The highest BCUT2D eigenvalue weighted by Crippen LogP contribution is 2.27. The van der Waals surface area contributed by atoms with E-state index < -0.39 is 0 Å². The highest BCUT2D eigenvalue weighted by atomic mass is 32.1. The first kappa shape index (κ1) is 19.3. The van der Waals surface area contributed by atoms with Gasteiger partial charge in [0.2, 0.25) is 11.8 Å². The van der Waals surface area contributed by atoms with Gasteiger partial charge in [0, 0.05) is 31.3 Å². The molecule has 8 nitrogen and oxygen atoms in total. The lowest BCUT2D eigenvalue weighted by Gasteiger charge is -2.04. The number of carbonyl (C=O) groups is 1. The van der Waals surface area contributed by atoms with Gasteiger partial charge in [0.25, 0.3) is 5.89 Å². The maximum Gasteiger partial charge on any atom is 0.283 e. The van der Waals surface area contributed by atoms with E-state index in [1.54, 1.807) is 11.3 Å². The van der Waals surface area contributed by atoms with Crippen LogP contribution in [-0.4, -0.2) is 34.2 Å². The van der Waals surface area contributed by atoms with Crippen LogP contribution in [-0.2, 0) is 11.2 Å². The SMILES string of the molecule is O=C(CCc1nnc(-c2cc3ccccc3o2)o1)NCCNc1nc2ccccc2s1. The second-order valence-corrected chi connectivity index (χ2v) is 7.94. The van der Waals surface area contributed by atoms with Crippen LogP contribution in [0.25, 0.3) is 32.8 Å². The number of hydrogen-bond donors (Lipinski definition) is 2. The summed E-state index contributed by atoms with van der Waals surface area (Å²) in [5, 5.41) is 16.0. The van der Waals surface area contributed by atoms with Crippen molar-refractivity contribution in [3.8, 4) is 11.7 Å². The molecule has 5 aromatic rings. The van der Waals surface area contributed by atoms with Crippen molar-refractivity contribution in [1.29, 1.82) is 0 Å². The van der Waals surface area contributed by atoms with E-state index in [9.17, 15) is 4.79 Å². The standard InChI is InChI=1S/C22H19N5O3S/c28-19(23-11-12-24-22-25-15-6-2-4-8-18(15)31-22)9-10-20-26-27-21(30-20)17-13-14-5-1-3-7-16(14)29-17/h1-8,13H,9-12H2,(H,23,28)(H,24,25). The number of rotatable bonds is 8. The van der Waals surface area contributed by atoms with Crippen LogP contribution in [0.15, 0.2) is 63.4 Å². The average Bonchev–Trinajstić information content (AvgIpc) is 3.52.